The fourth-order valence-electron chi connectivity index (χ4n) is 5.42. The normalized spacial score (nSPS) is 18.8. The minimum absolute atomic E-state index is 0.00384. The summed E-state index contributed by atoms with van der Waals surface area (Å²) in [5.74, 6) is -0.00384. The van der Waals surface area contributed by atoms with E-state index in [1.807, 2.05) is 48.7 Å². The zero-order chi connectivity index (χ0) is 27.9. The molecule has 0 N–H and O–H groups in total. The molecule has 0 radical (unpaired) electrons. The number of nitrogens with zero attached hydrogens (tertiary/aromatic N) is 4. The lowest BCUT2D eigenvalue weighted by molar-refractivity contribution is -0.135. The zero-order valence-corrected chi connectivity index (χ0v) is 24.3. The largest absolute Gasteiger partial charge is 0.444 e. The van der Waals surface area contributed by atoms with Gasteiger partial charge in [-0.05, 0) is 81.9 Å². The van der Waals surface area contributed by atoms with Gasteiger partial charge in [-0.15, -0.1) is 0 Å². The van der Waals surface area contributed by atoms with Crippen LogP contribution in [0.4, 0.5) is 4.79 Å². The van der Waals surface area contributed by atoms with Gasteiger partial charge in [0, 0.05) is 35.1 Å². The molecule has 2 amide bonds. The summed E-state index contributed by atoms with van der Waals surface area (Å²) in [6.45, 7) is 9.26. The lowest BCUT2D eigenvalue weighted by atomic mass is 9.98. The van der Waals surface area contributed by atoms with Crippen LogP contribution in [-0.2, 0) is 9.53 Å². The summed E-state index contributed by atoms with van der Waals surface area (Å²) in [6, 6.07) is 11.4. The molecule has 206 valence electrons. The second kappa shape index (κ2) is 10.9. The first-order valence-corrected chi connectivity index (χ1v) is 14.2. The Hall–Kier alpha value is -3.03. The number of aromatic nitrogens is 2. The number of hydrogen-bond acceptors (Lipinski definition) is 4. The lowest BCUT2D eigenvalue weighted by Crippen LogP contribution is -2.49. The fourth-order valence-corrected chi connectivity index (χ4v) is 5.99. The highest BCUT2D eigenvalue weighted by atomic mass is 35.5. The van der Waals surface area contributed by atoms with Crippen molar-refractivity contribution in [3.05, 3.63) is 69.8 Å². The smallest absolute Gasteiger partial charge is 0.410 e. The van der Waals surface area contributed by atoms with Gasteiger partial charge in [0.1, 0.15) is 11.6 Å². The predicted octanol–water partition coefficient (Wildman–Crippen LogP) is 6.97. The number of ether oxygens (including phenoxy) is 1. The van der Waals surface area contributed by atoms with Crippen molar-refractivity contribution in [3.63, 3.8) is 0 Å². The summed E-state index contributed by atoms with van der Waals surface area (Å²) in [4.78, 5) is 29.5. The molecule has 1 unspecified atom stereocenters. The molecule has 5 rings (SSSR count). The van der Waals surface area contributed by atoms with E-state index in [0.717, 1.165) is 34.9 Å². The summed E-state index contributed by atoms with van der Waals surface area (Å²) in [5, 5.41) is 6.92. The van der Waals surface area contributed by atoms with Crippen molar-refractivity contribution in [2.45, 2.75) is 64.6 Å². The van der Waals surface area contributed by atoms with Gasteiger partial charge in [0.15, 0.2) is 0 Å². The molecule has 1 saturated heterocycles. The minimum Gasteiger partial charge on any atom is -0.444 e. The third kappa shape index (κ3) is 5.80. The number of carbonyl (C=O) groups excluding carboxylic acids is 2. The fraction of sp³-hybridized carbons (Fsp3) is 0.433. The molecule has 3 heterocycles. The number of fused-ring (bicyclic) bond motifs is 1. The van der Waals surface area contributed by atoms with Crippen molar-refractivity contribution in [2.75, 3.05) is 19.6 Å². The molecule has 9 heteroatoms. The van der Waals surface area contributed by atoms with Gasteiger partial charge in [0.05, 0.1) is 17.8 Å². The van der Waals surface area contributed by atoms with E-state index in [0.29, 0.717) is 36.1 Å². The lowest BCUT2D eigenvalue weighted by Gasteiger charge is -2.33. The van der Waals surface area contributed by atoms with Crippen molar-refractivity contribution in [1.29, 1.82) is 0 Å². The number of amides is 2. The van der Waals surface area contributed by atoms with Crippen LogP contribution in [0, 0.1) is 0 Å². The van der Waals surface area contributed by atoms with Crippen LogP contribution >= 0.6 is 23.2 Å². The second-order valence-electron chi connectivity index (χ2n) is 11.3. The molecular formula is C30H34Cl2N4O3. The Labute approximate surface area is 239 Å². The van der Waals surface area contributed by atoms with Crippen LogP contribution in [0.15, 0.2) is 48.7 Å². The molecule has 3 aromatic rings. The van der Waals surface area contributed by atoms with E-state index < -0.39 is 17.7 Å². The Kier molecular flexibility index (Phi) is 7.66. The van der Waals surface area contributed by atoms with Crippen LogP contribution in [0.3, 0.4) is 0 Å². The SMILES string of the molecule is C[C@H](c1ccc(Cl)cc1Cl)n1ncc2ccc(C3=CCN(C(=O)C4CCCN4C(=O)OC(C)(C)C)CC3)cc21. The molecular weight excluding hydrogens is 535 g/mol. The van der Waals surface area contributed by atoms with Gasteiger partial charge in [-0.2, -0.15) is 5.10 Å². The number of likely N-dealkylation sites (tertiary alicyclic amines) is 1. The number of carbonyl (C=O) groups is 2. The highest BCUT2D eigenvalue weighted by Gasteiger charge is 2.38. The number of halogens is 2. The van der Waals surface area contributed by atoms with Crippen molar-refractivity contribution in [1.82, 2.24) is 19.6 Å². The Morgan fingerprint density at radius 3 is 2.59 bits per heavy atom. The minimum atomic E-state index is -0.592. The Bertz CT molecular complexity index is 1440. The summed E-state index contributed by atoms with van der Waals surface area (Å²) < 4.78 is 7.53. The van der Waals surface area contributed by atoms with E-state index in [4.69, 9.17) is 27.9 Å². The van der Waals surface area contributed by atoms with E-state index in [2.05, 4.69) is 36.3 Å². The van der Waals surface area contributed by atoms with Crippen LogP contribution in [0.2, 0.25) is 10.0 Å². The molecule has 2 aliphatic rings. The number of rotatable bonds is 4. The Morgan fingerprint density at radius 2 is 1.90 bits per heavy atom. The third-order valence-corrected chi connectivity index (χ3v) is 8.00. The first-order chi connectivity index (χ1) is 18.5. The van der Waals surface area contributed by atoms with Crippen molar-refractivity contribution >= 4 is 51.7 Å². The van der Waals surface area contributed by atoms with Crippen LogP contribution in [0.1, 0.15) is 64.1 Å². The van der Waals surface area contributed by atoms with Crippen molar-refractivity contribution in [3.8, 4) is 0 Å². The molecule has 0 aliphatic carbocycles. The van der Waals surface area contributed by atoms with Gasteiger partial charge in [-0.25, -0.2) is 4.79 Å². The van der Waals surface area contributed by atoms with Crippen LogP contribution in [0.5, 0.6) is 0 Å². The maximum Gasteiger partial charge on any atom is 0.410 e. The van der Waals surface area contributed by atoms with Gasteiger partial charge < -0.3 is 9.64 Å². The predicted molar refractivity (Wildman–Crippen MR) is 155 cm³/mol. The summed E-state index contributed by atoms with van der Waals surface area (Å²) in [5.41, 5.74) is 3.69. The summed E-state index contributed by atoms with van der Waals surface area (Å²) in [7, 11) is 0. The van der Waals surface area contributed by atoms with Crippen molar-refractivity contribution in [2.24, 2.45) is 0 Å². The zero-order valence-electron chi connectivity index (χ0n) is 22.8. The first kappa shape index (κ1) is 27.5. The summed E-state index contributed by atoms with van der Waals surface area (Å²) in [6.07, 6.45) is 5.79. The molecule has 0 spiro atoms. The van der Waals surface area contributed by atoms with Gasteiger partial charge in [0.25, 0.3) is 0 Å². The quantitative estimate of drug-likeness (QED) is 0.341. The third-order valence-electron chi connectivity index (χ3n) is 7.44. The van der Waals surface area contributed by atoms with Gasteiger partial charge in [0.2, 0.25) is 5.91 Å². The van der Waals surface area contributed by atoms with Crippen LogP contribution in [0.25, 0.3) is 16.5 Å². The average molecular weight is 570 g/mol. The maximum atomic E-state index is 13.4. The van der Waals surface area contributed by atoms with E-state index in [1.165, 1.54) is 5.57 Å². The first-order valence-electron chi connectivity index (χ1n) is 13.4. The molecule has 1 aromatic heterocycles. The number of hydrogen-bond donors (Lipinski definition) is 0. The van der Waals surface area contributed by atoms with E-state index in [1.54, 1.807) is 11.0 Å². The standard InChI is InChI=1S/C30H34Cl2N4O3/c1-19(24-10-9-23(31)17-25(24)32)36-27-16-21(7-8-22(27)18-33-36)20-11-14-34(15-12-20)28(37)26-6-5-13-35(26)29(38)39-30(2,3)4/h7-11,16-19,26H,5-6,12-15H2,1-4H3/t19-,26?/m1/s1. The maximum absolute atomic E-state index is 13.4. The van der Waals surface area contributed by atoms with E-state index in [9.17, 15) is 9.59 Å². The second-order valence-corrected chi connectivity index (χ2v) is 12.1. The van der Waals surface area contributed by atoms with Crippen LogP contribution < -0.4 is 0 Å². The molecule has 2 aliphatic heterocycles. The molecule has 2 atom stereocenters. The van der Waals surface area contributed by atoms with Gasteiger partial charge in [-0.3, -0.25) is 14.4 Å². The number of benzene rings is 2. The highest BCUT2D eigenvalue weighted by Crippen LogP contribution is 2.32. The summed E-state index contributed by atoms with van der Waals surface area (Å²) >= 11 is 12.6. The average Bonchev–Trinajstić information content (AvgIpc) is 3.54. The monoisotopic (exact) mass is 568 g/mol. The Morgan fingerprint density at radius 1 is 1.10 bits per heavy atom. The van der Waals surface area contributed by atoms with E-state index in [-0.39, 0.29) is 11.9 Å². The van der Waals surface area contributed by atoms with Gasteiger partial charge >= 0.3 is 6.09 Å². The molecule has 0 saturated carbocycles. The van der Waals surface area contributed by atoms with E-state index >= 15 is 0 Å². The molecule has 7 nitrogen and oxygen atoms in total. The molecule has 2 aromatic carbocycles. The highest BCUT2D eigenvalue weighted by molar-refractivity contribution is 6.35. The molecule has 0 bridgehead atoms. The van der Waals surface area contributed by atoms with Gasteiger partial charge in [-0.1, -0.05) is 47.5 Å². The Balaban J connectivity index is 1.32. The van der Waals surface area contributed by atoms with Crippen LogP contribution in [-0.4, -0.2) is 62.9 Å². The molecule has 39 heavy (non-hydrogen) atoms. The van der Waals surface area contributed by atoms with Crippen molar-refractivity contribution < 1.29 is 14.3 Å². The topological polar surface area (TPSA) is 67.7 Å². The molecule has 1 fully saturated rings.